The highest BCUT2D eigenvalue weighted by Gasteiger charge is 2.38. The lowest BCUT2D eigenvalue weighted by molar-refractivity contribution is -0.126. The summed E-state index contributed by atoms with van der Waals surface area (Å²) < 4.78 is 0. The molecule has 0 aliphatic carbocycles. The molecule has 0 saturated carbocycles. The minimum absolute atomic E-state index is 0.0344. The van der Waals surface area contributed by atoms with E-state index in [9.17, 15) is 9.59 Å². The number of benzene rings is 1. The summed E-state index contributed by atoms with van der Waals surface area (Å²) in [7, 11) is 0. The highest BCUT2D eigenvalue weighted by molar-refractivity contribution is 5.94. The molecule has 1 aromatic rings. The first kappa shape index (κ1) is 17.3. The Bertz CT molecular complexity index is 675. The molecule has 0 radical (unpaired) electrons. The quantitative estimate of drug-likeness (QED) is 0.871. The number of nitrogens with zero attached hydrogens (tertiary/aromatic N) is 2. The van der Waals surface area contributed by atoms with Gasteiger partial charge in [-0.2, -0.15) is 0 Å². The molecular formula is C20H28N4O2. The molecule has 0 bridgehead atoms. The number of amides is 3. The van der Waals surface area contributed by atoms with Gasteiger partial charge in [0.15, 0.2) is 0 Å². The van der Waals surface area contributed by atoms with E-state index in [2.05, 4.69) is 15.5 Å². The van der Waals surface area contributed by atoms with Crippen LogP contribution in [-0.2, 0) is 4.79 Å². The highest BCUT2D eigenvalue weighted by atomic mass is 16.2. The van der Waals surface area contributed by atoms with Gasteiger partial charge in [0.05, 0.1) is 12.1 Å². The second kappa shape index (κ2) is 7.27. The summed E-state index contributed by atoms with van der Waals surface area (Å²) in [6.07, 6.45) is 5.88. The van der Waals surface area contributed by atoms with Crippen LogP contribution in [0.5, 0.6) is 0 Å². The van der Waals surface area contributed by atoms with E-state index in [-0.39, 0.29) is 24.0 Å². The summed E-state index contributed by atoms with van der Waals surface area (Å²) in [6.45, 7) is 4.47. The molecule has 26 heavy (non-hydrogen) atoms. The molecule has 3 aliphatic rings. The molecule has 2 N–H and O–H groups in total. The number of carbonyl (C=O) groups excluding carboxylic acids is 2. The van der Waals surface area contributed by atoms with E-state index in [1.54, 1.807) is 4.90 Å². The predicted octanol–water partition coefficient (Wildman–Crippen LogP) is 2.41. The number of anilines is 1. The van der Waals surface area contributed by atoms with Gasteiger partial charge in [-0.1, -0.05) is 18.6 Å². The number of nitrogens with one attached hydrogen (secondary N) is 2. The molecule has 3 aliphatic heterocycles. The van der Waals surface area contributed by atoms with Crippen molar-refractivity contribution in [3.63, 3.8) is 0 Å². The molecule has 6 heteroatoms. The lowest BCUT2D eigenvalue weighted by Crippen LogP contribution is -2.48. The fourth-order valence-corrected chi connectivity index (χ4v) is 4.59. The van der Waals surface area contributed by atoms with Crippen molar-refractivity contribution in [1.29, 1.82) is 0 Å². The van der Waals surface area contributed by atoms with E-state index >= 15 is 0 Å². The van der Waals surface area contributed by atoms with Crippen LogP contribution in [0.4, 0.5) is 10.5 Å². The zero-order chi connectivity index (χ0) is 18.1. The van der Waals surface area contributed by atoms with Crippen LogP contribution in [0.1, 0.15) is 50.6 Å². The Morgan fingerprint density at radius 3 is 2.69 bits per heavy atom. The first-order valence-corrected chi connectivity index (χ1v) is 9.85. The van der Waals surface area contributed by atoms with Crippen LogP contribution < -0.4 is 15.5 Å². The molecule has 3 heterocycles. The summed E-state index contributed by atoms with van der Waals surface area (Å²) in [6, 6.07) is 8.49. The highest BCUT2D eigenvalue weighted by Crippen LogP contribution is 2.32. The Kier molecular flexibility index (Phi) is 4.85. The van der Waals surface area contributed by atoms with E-state index in [0.717, 1.165) is 30.6 Å². The van der Waals surface area contributed by atoms with E-state index in [0.29, 0.717) is 19.1 Å². The van der Waals surface area contributed by atoms with Gasteiger partial charge in [0.25, 0.3) is 0 Å². The number of fused-ring (bicyclic) bond motifs is 1. The molecule has 0 spiro atoms. The minimum Gasteiger partial charge on any atom is -0.348 e. The lowest BCUT2D eigenvalue weighted by atomic mass is 10.0. The van der Waals surface area contributed by atoms with Gasteiger partial charge in [-0.25, -0.2) is 4.79 Å². The summed E-state index contributed by atoms with van der Waals surface area (Å²) >= 11 is 0. The minimum atomic E-state index is -0.0450. The Balaban J connectivity index is 1.37. The Morgan fingerprint density at radius 2 is 1.96 bits per heavy atom. The van der Waals surface area contributed by atoms with Gasteiger partial charge in [0, 0.05) is 24.8 Å². The van der Waals surface area contributed by atoms with Crippen molar-refractivity contribution in [2.75, 3.05) is 24.5 Å². The third-order valence-corrected chi connectivity index (χ3v) is 6.07. The number of hydrogen-bond acceptors (Lipinski definition) is 3. The zero-order valence-corrected chi connectivity index (χ0v) is 15.4. The van der Waals surface area contributed by atoms with Crippen LogP contribution >= 0.6 is 0 Å². The summed E-state index contributed by atoms with van der Waals surface area (Å²) in [5, 5.41) is 6.01. The molecule has 3 unspecified atom stereocenters. The smallest absolute Gasteiger partial charge is 0.321 e. The van der Waals surface area contributed by atoms with Gasteiger partial charge in [-0.15, -0.1) is 0 Å². The second-order valence-corrected chi connectivity index (χ2v) is 7.69. The summed E-state index contributed by atoms with van der Waals surface area (Å²) in [5.74, 6) is 0.157. The SMILES string of the molecule is CC(NC(=O)C1CCC2CCCCN21)c1ccc(N2CCNC2=O)cc1. The topological polar surface area (TPSA) is 64.7 Å². The average molecular weight is 356 g/mol. The van der Waals surface area contributed by atoms with Crippen molar-refractivity contribution >= 4 is 17.6 Å². The molecule has 1 aromatic carbocycles. The van der Waals surface area contributed by atoms with Crippen molar-refractivity contribution in [2.24, 2.45) is 0 Å². The van der Waals surface area contributed by atoms with Gasteiger partial charge in [0.2, 0.25) is 5.91 Å². The fourth-order valence-electron chi connectivity index (χ4n) is 4.59. The van der Waals surface area contributed by atoms with Crippen LogP contribution in [0.3, 0.4) is 0 Å². The number of urea groups is 1. The van der Waals surface area contributed by atoms with Crippen LogP contribution in [0.25, 0.3) is 0 Å². The summed E-state index contributed by atoms with van der Waals surface area (Å²) in [4.78, 5) is 28.7. The van der Waals surface area contributed by atoms with Crippen LogP contribution in [0, 0.1) is 0 Å². The molecule has 140 valence electrons. The number of hydrogen-bond donors (Lipinski definition) is 2. The third kappa shape index (κ3) is 3.30. The zero-order valence-electron chi connectivity index (χ0n) is 15.4. The van der Waals surface area contributed by atoms with Crippen molar-refractivity contribution < 1.29 is 9.59 Å². The van der Waals surface area contributed by atoms with Crippen molar-refractivity contribution in [2.45, 2.75) is 57.2 Å². The van der Waals surface area contributed by atoms with Crippen LogP contribution in [0.2, 0.25) is 0 Å². The normalized spacial score (nSPS) is 27.1. The first-order chi connectivity index (χ1) is 12.6. The van der Waals surface area contributed by atoms with E-state index in [1.165, 1.54) is 19.3 Å². The van der Waals surface area contributed by atoms with Gasteiger partial charge < -0.3 is 10.6 Å². The Hall–Kier alpha value is -2.08. The molecule has 3 atom stereocenters. The first-order valence-electron chi connectivity index (χ1n) is 9.85. The van der Waals surface area contributed by atoms with E-state index < -0.39 is 0 Å². The molecule has 3 saturated heterocycles. The third-order valence-electron chi connectivity index (χ3n) is 6.07. The molecular weight excluding hydrogens is 328 g/mol. The molecule has 6 nitrogen and oxygen atoms in total. The van der Waals surface area contributed by atoms with Crippen LogP contribution in [0.15, 0.2) is 24.3 Å². The lowest BCUT2D eigenvalue weighted by Gasteiger charge is -2.33. The van der Waals surface area contributed by atoms with E-state index in [4.69, 9.17) is 0 Å². The molecule has 3 fully saturated rings. The molecule has 0 aromatic heterocycles. The predicted molar refractivity (Wildman–Crippen MR) is 101 cm³/mol. The average Bonchev–Trinajstić information content (AvgIpc) is 3.28. The maximum absolute atomic E-state index is 12.8. The van der Waals surface area contributed by atoms with Crippen molar-refractivity contribution in [3.8, 4) is 0 Å². The Morgan fingerprint density at radius 1 is 1.15 bits per heavy atom. The van der Waals surface area contributed by atoms with E-state index in [1.807, 2.05) is 31.2 Å². The van der Waals surface area contributed by atoms with Gasteiger partial charge in [0.1, 0.15) is 0 Å². The fraction of sp³-hybridized carbons (Fsp3) is 0.600. The van der Waals surface area contributed by atoms with Gasteiger partial charge in [-0.3, -0.25) is 14.6 Å². The van der Waals surface area contributed by atoms with Crippen molar-refractivity contribution in [3.05, 3.63) is 29.8 Å². The number of rotatable bonds is 4. The number of carbonyl (C=O) groups is 2. The van der Waals surface area contributed by atoms with Crippen LogP contribution in [-0.4, -0.2) is 48.6 Å². The number of piperidine rings is 1. The van der Waals surface area contributed by atoms with Gasteiger partial charge >= 0.3 is 6.03 Å². The monoisotopic (exact) mass is 356 g/mol. The largest absolute Gasteiger partial charge is 0.348 e. The van der Waals surface area contributed by atoms with Gasteiger partial charge in [-0.05, 0) is 56.8 Å². The molecule has 3 amide bonds. The van der Waals surface area contributed by atoms with Crippen molar-refractivity contribution in [1.82, 2.24) is 15.5 Å². The maximum Gasteiger partial charge on any atom is 0.321 e. The maximum atomic E-state index is 12.8. The second-order valence-electron chi connectivity index (χ2n) is 7.69. The Labute approximate surface area is 154 Å². The molecule has 4 rings (SSSR count). The standard InChI is InChI=1S/C20H28N4O2/c1-14(15-5-7-17(8-6-15)24-13-11-21-20(24)26)22-19(25)18-10-9-16-4-2-3-12-23(16)18/h5-8,14,16,18H,2-4,9-13H2,1H3,(H,21,26)(H,22,25). The summed E-state index contributed by atoms with van der Waals surface area (Å²) in [5.41, 5.74) is 1.96.